The second kappa shape index (κ2) is 3.05. The van der Waals surface area contributed by atoms with Gasteiger partial charge in [0.2, 0.25) is 0 Å². The van der Waals surface area contributed by atoms with Gasteiger partial charge in [-0.15, -0.1) is 0 Å². The second-order valence-electron chi connectivity index (χ2n) is 3.24. The van der Waals surface area contributed by atoms with Crippen LogP contribution in [0.4, 0.5) is 0 Å². The van der Waals surface area contributed by atoms with E-state index in [0.717, 1.165) is 0 Å². The molecule has 11 heavy (non-hydrogen) atoms. The summed E-state index contributed by atoms with van der Waals surface area (Å²) in [4.78, 5) is 0. The Morgan fingerprint density at radius 1 is 1.18 bits per heavy atom. The molecule has 0 radical (unpaired) electrons. The SMILES string of the molecule is Cc1ccc([C@@H](C)[NH3+])cc1C. The molecular weight excluding hydrogens is 134 g/mol. The van der Waals surface area contributed by atoms with Crippen LogP contribution < -0.4 is 5.73 Å². The molecule has 1 nitrogen and oxygen atoms in total. The molecule has 3 N–H and O–H groups in total. The molecule has 0 saturated heterocycles. The Kier molecular flexibility index (Phi) is 2.30. The number of hydrogen-bond acceptors (Lipinski definition) is 0. The molecule has 0 spiro atoms. The summed E-state index contributed by atoms with van der Waals surface area (Å²) in [5.74, 6) is 0. The van der Waals surface area contributed by atoms with Crippen LogP contribution in [-0.2, 0) is 0 Å². The summed E-state index contributed by atoms with van der Waals surface area (Å²) in [6.07, 6.45) is 0. The second-order valence-corrected chi connectivity index (χ2v) is 3.24. The third-order valence-corrected chi connectivity index (χ3v) is 2.10. The molecule has 60 valence electrons. The molecule has 0 aliphatic heterocycles. The van der Waals surface area contributed by atoms with E-state index < -0.39 is 0 Å². The van der Waals surface area contributed by atoms with Gasteiger partial charge in [0.05, 0.1) is 0 Å². The van der Waals surface area contributed by atoms with Gasteiger partial charge >= 0.3 is 0 Å². The summed E-state index contributed by atoms with van der Waals surface area (Å²) in [5, 5.41) is 0. The molecule has 0 aliphatic rings. The lowest BCUT2D eigenvalue weighted by Crippen LogP contribution is -2.51. The molecule has 1 rings (SSSR count). The van der Waals surface area contributed by atoms with E-state index in [0.29, 0.717) is 6.04 Å². The number of quaternary nitrogens is 1. The summed E-state index contributed by atoms with van der Waals surface area (Å²) in [6, 6.07) is 6.92. The first-order valence-corrected chi connectivity index (χ1v) is 4.01. The van der Waals surface area contributed by atoms with Crippen molar-refractivity contribution in [3.05, 3.63) is 34.9 Å². The Morgan fingerprint density at radius 3 is 2.27 bits per heavy atom. The van der Waals surface area contributed by atoms with Gasteiger partial charge in [-0.25, -0.2) is 0 Å². The van der Waals surface area contributed by atoms with Crippen molar-refractivity contribution in [2.24, 2.45) is 0 Å². The Bertz CT molecular complexity index is 251. The summed E-state index contributed by atoms with van der Waals surface area (Å²) >= 11 is 0. The van der Waals surface area contributed by atoms with Gasteiger partial charge in [0, 0.05) is 5.56 Å². The quantitative estimate of drug-likeness (QED) is 0.630. The van der Waals surface area contributed by atoms with Crippen LogP contribution in [0.25, 0.3) is 0 Å². The van der Waals surface area contributed by atoms with Crippen molar-refractivity contribution in [1.82, 2.24) is 0 Å². The van der Waals surface area contributed by atoms with Crippen molar-refractivity contribution in [3.8, 4) is 0 Å². The minimum absolute atomic E-state index is 0.397. The largest absolute Gasteiger partial charge is 0.352 e. The Balaban J connectivity index is 3.05. The lowest BCUT2D eigenvalue weighted by atomic mass is 10.0. The smallest absolute Gasteiger partial charge is 0.107 e. The van der Waals surface area contributed by atoms with E-state index in [1.165, 1.54) is 16.7 Å². The van der Waals surface area contributed by atoms with Crippen molar-refractivity contribution >= 4 is 0 Å². The number of rotatable bonds is 1. The van der Waals surface area contributed by atoms with Gasteiger partial charge in [0.15, 0.2) is 0 Å². The van der Waals surface area contributed by atoms with E-state index >= 15 is 0 Å². The van der Waals surface area contributed by atoms with Crippen LogP contribution >= 0.6 is 0 Å². The number of aryl methyl sites for hydroxylation is 2. The maximum Gasteiger partial charge on any atom is 0.107 e. The summed E-state index contributed by atoms with van der Waals surface area (Å²) in [5.41, 5.74) is 8.02. The van der Waals surface area contributed by atoms with Crippen LogP contribution in [0.3, 0.4) is 0 Å². The van der Waals surface area contributed by atoms with Gasteiger partial charge in [-0.2, -0.15) is 0 Å². The van der Waals surface area contributed by atoms with E-state index in [1.54, 1.807) is 0 Å². The molecule has 1 heteroatoms. The highest BCUT2D eigenvalue weighted by atomic mass is 14.6. The van der Waals surface area contributed by atoms with Crippen molar-refractivity contribution in [1.29, 1.82) is 0 Å². The van der Waals surface area contributed by atoms with Crippen LogP contribution in [0.5, 0.6) is 0 Å². The number of benzene rings is 1. The molecule has 0 amide bonds. The lowest BCUT2D eigenvalue weighted by Gasteiger charge is -2.05. The van der Waals surface area contributed by atoms with E-state index in [-0.39, 0.29) is 0 Å². The molecule has 1 aromatic rings. The first kappa shape index (κ1) is 8.28. The topological polar surface area (TPSA) is 27.6 Å². The third-order valence-electron chi connectivity index (χ3n) is 2.10. The highest BCUT2D eigenvalue weighted by Crippen LogP contribution is 2.13. The van der Waals surface area contributed by atoms with E-state index in [1.807, 2.05) is 0 Å². The molecule has 0 fully saturated rings. The van der Waals surface area contributed by atoms with E-state index in [2.05, 4.69) is 44.7 Å². The Morgan fingerprint density at radius 2 is 1.82 bits per heavy atom. The molecule has 0 unspecified atom stereocenters. The zero-order valence-electron chi connectivity index (χ0n) is 7.52. The van der Waals surface area contributed by atoms with Crippen LogP contribution in [0, 0.1) is 13.8 Å². The van der Waals surface area contributed by atoms with Crippen molar-refractivity contribution in [3.63, 3.8) is 0 Å². The zero-order valence-corrected chi connectivity index (χ0v) is 7.52. The third kappa shape index (κ3) is 1.81. The average Bonchev–Trinajstić information content (AvgIpc) is 1.94. The average molecular weight is 150 g/mol. The highest BCUT2D eigenvalue weighted by Gasteiger charge is 2.02. The fourth-order valence-corrected chi connectivity index (χ4v) is 1.07. The predicted molar refractivity (Wildman–Crippen MR) is 47.2 cm³/mol. The van der Waals surface area contributed by atoms with E-state index in [9.17, 15) is 0 Å². The van der Waals surface area contributed by atoms with Gasteiger partial charge < -0.3 is 5.73 Å². The first-order valence-electron chi connectivity index (χ1n) is 4.01. The molecule has 0 heterocycles. The van der Waals surface area contributed by atoms with Crippen molar-refractivity contribution in [2.75, 3.05) is 0 Å². The Hall–Kier alpha value is -0.820. The molecule has 0 bridgehead atoms. The van der Waals surface area contributed by atoms with Gasteiger partial charge in [-0.1, -0.05) is 12.1 Å². The van der Waals surface area contributed by atoms with Crippen LogP contribution in [0.15, 0.2) is 18.2 Å². The molecule has 0 aromatic heterocycles. The van der Waals surface area contributed by atoms with Crippen molar-refractivity contribution < 1.29 is 5.73 Å². The summed E-state index contributed by atoms with van der Waals surface area (Å²) < 4.78 is 0. The van der Waals surface area contributed by atoms with Gasteiger partial charge in [-0.05, 0) is 38.0 Å². The molecule has 0 saturated carbocycles. The fourth-order valence-electron chi connectivity index (χ4n) is 1.07. The minimum atomic E-state index is 0.397. The monoisotopic (exact) mass is 150 g/mol. The highest BCUT2D eigenvalue weighted by molar-refractivity contribution is 5.30. The predicted octanol–water partition coefficient (Wildman–Crippen LogP) is 1.61. The zero-order chi connectivity index (χ0) is 8.43. The van der Waals surface area contributed by atoms with Crippen LogP contribution in [-0.4, -0.2) is 0 Å². The lowest BCUT2D eigenvalue weighted by molar-refractivity contribution is -0.420. The number of hydrogen-bond donors (Lipinski definition) is 1. The van der Waals surface area contributed by atoms with Gasteiger partial charge in [0.25, 0.3) is 0 Å². The first-order chi connectivity index (χ1) is 5.11. The fraction of sp³-hybridized carbons (Fsp3) is 0.400. The van der Waals surface area contributed by atoms with Crippen LogP contribution in [0.2, 0.25) is 0 Å². The molecular formula is C10H16N+. The maximum atomic E-state index is 3.98. The molecule has 1 aromatic carbocycles. The van der Waals surface area contributed by atoms with E-state index in [4.69, 9.17) is 0 Å². The molecule has 1 atom stereocenters. The standard InChI is InChI=1S/C10H15N/c1-7-4-5-10(9(3)11)6-8(7)2/h4-6,9H,11H2,1-3H3/p+1/t9-/m1/s1. The van der Waals surface area contributed by atoms with Gasteiger partial charge in [-0.3, -0.25) is 0 Å². The normalized spacial score (nSPS) is 13.1. The van der Waals surface area contributed by atoms with Crippen molar-refractivity contribution in [2.45, 2.75) is 26.8 Å². The maximum absolute atomic E-state index is 3.98. The minimum Gasteiger partial charge on any atom is -0.352 e. The van der Waals surface area contributed by atoms with Gasteiger partial charge in [0.1, 0.15) is 6.04 Å². The Labute approximate surface area is 68.2 Å². The summed E-state index contributed by atoms with van der Waals surface area (Å²) in [7, 11) is 0. The summed E-state index contributed by atoms with van der Waals surface area (Å²) in [6.45, 7) is 6.39. The molecule has 0 aliphatic carbocycles. The van der Waals surface area contributed by atoms with Crippen LogP contribution in [0.1, 0.15) is 29.7 Å².